The van der Waals surface area contributed by atoms with Gasteiger partial charge in [0.05, 0.1) is 11.3 Å². The average molecular weight is 408 g/mol. The highest BCUT2D eigenvalue weighted by molar-refractivity contribution is 5.93. The normalized spacial score (nSPS) is 11.0. The zero-order valence-corrected chi connectivity index (χ0v) is 16.8. The molecule has 154 valence electrons. The minimum absolute atomic E-state index is 0.247. The number of hydrogen-bond donors (Lipinski definition) is 1. The maximum Gasteiger partial charge on any atom is 0.273 e. The molecule has 0 radical (unpaired) electrons. The van der Waals surface area contributed by atoms with Gasteiger partial charge in [-0.3, -0.25) is 9.78 Å². The van der Waals surface area contributed by atoms with Crippen LogP contribution in [0.25, 0.3) is 11.5 Å². The number of nitrogens with one attached hydrogen (secondary N) is 1. The number of aryl methyl sites for hydroxylation is 3. The maximum absolute atomic E-state index is 12.6. The molecule has 4 rings (SSSR count). The lowest BCUT2D eigenvalue weighted by atomic mass is 10.0. The van der Waals surface area contributed by atoms with Crippen LogP contribution < -0.4 is 5.32 Å². The van der Waals surface area contributed by atoms with E-state index < -0.39 is 0 Å². The Hall–Kier alpha value is -3.82. The molecule has 4 aromatic rings. The van der Waals surface area contributed by atoms with Crippen molar-refractivity contribution >= 4 is 5.91 Å². The highest BCUT2D eigenvalue weighted by Gasteiger charge is 2.22. The summed E-state index contributed by atoms with van der Waals surface area (Å²) in [6, 6.07) is 3.62. The SMILES string of the molecule is Cc1noc(C)c1Cc1c(C(=O)NCCc2noc(-c3cccnc3)n2)noc1C. The van der Waals surface area contributed by atoms with E-state index in [-0.39, 0.29) is 11.6 Å². The Morgan fingerprint density at radius 3 is 2.57 bits per heavy atom. The van der Waals surface area contributed by atoms with Gasteiger partial charge < -0.3 is 18.9 Å². The molecule has 0 aliphatic carbocycles. The number of aromatic nitrogens is 5. The summed E-state index contributed by atoms with van der Waals surface area (Å²) in [4.78, 5) is 21.0. The van der Waals surface area contributed by atoms with Gasteiger partial charge >= 0.3 is 0 Å². The summed E-state index contributed by atoms with van der Waals surface area (Å²) in [5.41, 5.74) is 3.39. The highest BCUT2D eigenvalue weighted by Crippen LogP contribution is 2.22. The summed E-state index contributed by atoms with van der Waals surface area (Å²) < 4.78 is 15.7. The van der Waals surface area contributed by atoms with Gasteiger partial charge in [0, 0.05) is 42.9 Å². The minimum Gasteiger partial charge on any atom is -0.361 e. The summed E-state index contributed by atoms with van der Waals surface area (Å²) in [5.74, 6) is 1.84. The molecule has 0 fully saturated rings. The van der Waals surface area contributed by atoms with E-state index in [1.807, 2.05) is 19.9 Å². The van der Waals surface area contributed by atoms with E-state index in [1.54, 1.807) is 25.4 Å². The van der Waals surface area contributed by atoms with Crippen LogP contribution in [-0.2, 0) is 12.8 Å². The predicted molar refractivity (Wildman–Crippen MR) is 104 cm³/mol. The monoisotopic (exact) mass is 408 g/mol. The molecule has 0 unspecified atom stereocenters. The maximum atomic E-state index is 12.6. The predicted octanol–water partition coefficient (Wildman–Crippen LogP) is 2.60. The van der Waals surface area contributed by atoms with Gasteiger partial charge in [-0.25, -0.2) is 0 Å². The molecule has 0 saturated heterocycles. The molecule has 10 nitrogen and oxygen atoms in total. The molecule has 0 spiro atoms. The molecule has 0 bridgehead atoms. The van der Waals surface area contributed by atoms with Crippen LogP contribution in [-0.4, -0.2) is 37.9 Å². The van der Waals surface area contributed by atoms with E-state index in [0.717, 1.165) is 16.8 Å². The number of hydrogen-bond acceptors (Lipinski definition) is 9. The fraction of sp³-hybridized carbons (Fsp3) is 0.300. The summed E-state index contributed by atoms with van der Waals surface area (Å²) in [7, 11) is 0. The topological polar surface area (TPSA) is 133 Å². The van der Waals surface area contributed by atoms with Crippen LogP contribution in [0.5, 0.6) is 0 Å². The Bertz CT molecular complexity index is 1140. The first-order valence-corrected chi connectivity index (χ1v) is 9.41. The summed E-state index contributed by atoms with van der Waals surface area (Å²) in [5, 5.41) is 14.6. The van der Waals surface area contributed by atoms with E-state index in [0.29, 0.717) is 48.2 Å². The van der Waals surface area contributed by atoms with Crippen molar-refractivity contribution in [2.75, 3.05) is 6.54 Å². The smallest absolute Gasteiger partial charge is 0.273 e. The van der Waals surface area contributed by atoms with Crippen LogP contribution in [0, 0.1) is 20.8 Å². The number of carbonyl (C=O) groups is 1. The fourth-order valence-corrected chi connectivity index (χ4v) is 3.04. The summed E-state index contributed by atoms with van der Waals surface area (Å²) >= 11 is 0. The number of nitrogens with zero attached hydrogens (tertiary/aromatic N) is 5. The molecule has 10 heteroatoms. The molecule has 0 saturated carbocycles. The lowest BCUT2D eigenvalue weighted by Crippen LogP contribution is -2.27. The second kappa shape index (κ2) is 8.27. The molecule has 1 N–H and O–H groups in total. The van der Waals surface area contributed by atoms with E-state index >= 15 is 0 Å². The standard InChI is InChI=1S/C20H20N6O4/c1-11-15(12(2)28-24-11)9-16-13(3)29-26-18(16)19(27)22-8-6-17-23-20(30-25-17)14-5-4-7-21-10-14/h4-5,7,10H,6,8-9H2,1-3H3,(H,22,27). The van der Waals surface area contributed by atoms with Crippen molar-refractivity contribution in [3.05, 3.63) is 64.4 Å². The van der Waals surface area contributed by atoms with E-state index in [2.05, 4.69) is 30.8 Å². The number of rotatable bonds is 7. The average Bonchev–Trinajstić information content (AvgIpc) is 3.45. The van der Waals surface area contributed by atoms with E-state index in [4.69, 9.17) is 13.6 Å². The summed E-state index contributed by atoms with van der Waals surface area (Å²) in [6.45, 7) is 5.79. The molecule has 0 aliphatic rings. The third kappa shape index (κ3) is 3.97. The molecule has 30 heavy (non-hydrogen) atoms. The molecule has 0 aliphatic heterocycles. The molecule has 0 aromatic carbocycles. The molecule has 1 amide bonds. The van der Waals surface area contributed by atoms with Crippen molar-refractivity contribution in [1.82, 2.24) is 30.8 Å². The van der Waals surface area contributed by atoms with Crippen molar-refractivity contribution in [3.63, 3.8) is 0 Å². The first kappa shape index (κ1) is 19.5. The highest BCUT2D eigenvalue weighted by atomic mass is 16.5. The van der Waals surface area contributed by atoms with Crippen LogP contribution in [0.1, 0.15) is 44.7 Å². The van der Waals surface area contributed by atoms with Crippen LogP contribution in [0.3, 0.4) is 0 Å². The first-order chi connectivity index (χ1) is 14.5. The summed E-state index contributed by atoms with van der Waals surface area (Å²) in [6.07, 6.45) is 4.18. The van der Waals surface area contributed by atoms with Crippen LogP contribution in [0.15, 0.2) is 38.1 Å². The van der Waals surface area contributed by atoms with E-state index in [1.165, 1.54) is 0 Å². The Morgan fingerprint density at radius 2 is 1.83 bits per heavy atom. The van der Waals surface area contributed by atoms with Gasteiger partial charge in [-0.15, -0.1) is 0 Å². The fourth-order valence-electron chi connectivity index (χ4n) is 3.04. The Labute approximate surface area is 171 Å². The zero-order valence-electron chi connectivity index (χ0n) is 16.8. The van der Waals surface area contributed by atoms with Crippen molar-refractivity contribution in [1.29, 1.82) is 0 Å². The van der Waals surface area contributed by atoms with Gasteiger partial charge in [0.25, 0.3) is 11.8 Å². The molecular weight excluding hydrogens is 388 g/mol. The number of pyridine rings is 1. The van der Waals surface area contributed by atoms with Crippen molar-refractivity contribution in [3.8, 4) is 11.5 Å². The lowest BCUT2D eigenvalue weighted by molar-refractivity contribution is 0.0944. The molecule has 4 aromatic heterocycles. The van der Waals surface area contributed by atoms with E-state index in [9.17, 15) is 4.79 Å². The van der Waals surface area contributed by atoms with Gasteiger partial charge in [-0.1, -0.05) is 15.5 Å². The Balaban J connectivity index is 1.39. The second-order valence-electron chi connectivity index (χ2n) is 6.81. The van der Waals surface area contributed by atoms with Crippen LogP contribution in [0.2, 0.25) is 0 Å². The minimum atomic E-state index is -0.329. The van der Waals surface area contributed by atoms with Gasteiger partial charge in [0.2, 0.25) is 0 Å². The molecule has 0 atom stereocenters. The quantitative estimate of drug-likeness (QED) is 0.490. The first-order valence-electron chi connectivity index (χ1n) is 9.41. The van der Waals surface area contributed by atoms with Crippen LogP contribution >= 0.6 is 0 Å². The van der Waals surface area contributed by atoms with Gasteiger partial charge in [-0.2, -0.15) is 4.98 Å². The largest absolute Gasteiger partial charge is 0.361 e. The zero-order chi connectivity index (χ0) is 21.1. The van der Waals surface area contributed by atoms with Crippen molar-refractivity contribution < 1.29 is 18.4 Å². The van der Waals surface area contributed by atoms with Crippen molar-refractivity contribution in [2.45, 2.75) is 33.6 Å². The van der Waals surface area contributed by atoms with Gasteiger partial charge in [0.15, 0.2) is 11.5 Å². The Morgan fingerprint density at radius 1 is 1.03 bits per heavy atom. The van der Waals surface area contributed by atoms with Crippen LogP contribution in [0.4, 0.5) is 0 Å². The Kier molecular flexibility index (Phi) is 5.38. The number of carbonyl (C=O) groups excluding carboxylic acids is 1. The lowest BCUT2D eigenvalue weighted by Gasteiger charge is -2.04. The third-order valence-electron chi connectivity index (χ3n) is 4.75. The van der Waals surface area contributed by atoms with Gasteiger partial charge in [-0.05, 0) is 32.9 Å². The molecular formula is C20H20N6O4. The second-order valence-corrected chi connectivity index (χ2v) is 6.81. The van der Waals surface area contributed by atoms with Gasteiger partial charge in [0.1, 0.15) is 11.5 Å². The third-order valence-corrected chi connectivity index (χ3v) is 4.75. The molecule has 4 heterocycles. The van der Waals surface area contributed by atoms with Crippen molar-refractivity contribution in [2.24, 2.45) is 0 Å². The number of amides is 1.